The molecule has 1 saturated heterocycles. The number of carbonyl (C=O) groups is 3. The lowest BCUT2D eigenvalue weighted by Gasteiger charge is -2.35. The van der Waals surface area contributed by atoms with Gasteiger partial charge in [-0.1, -0.05) is 32.9 Å². The van der Waals surface area contributed by atoms with Crippen LogP contribution in [0.3, 0.4) is 0 Å². The zero-order valence-corrected chi connectivity index (χ0v) is 24.7. The Kier molecular flexibility index (Phi) is 9.06. The Balaban J connectivity index is 1.49. The third-order valence-corrected chi connectivity index (χ3v) is 8.34. The number of hydrogen-bond acceptors (Lipinski definition) is 7. The number of nitrogens with zero attached hydrogens (tertiary/aromatic N) is 2. The van der Waals surface area contributed by atoms with E-state index >= 15 is 0 Å². The number of nitrogens with one attached hydrogen (secondary N) is 2. The molecular formula is C28H36ClFN4O5S. The molecule has 2 aliphatic rings. The van der Waals surface area contributed by atoms with Crippen molar-refractivity contribution in [1.82, 2.24) is 20.5 Å². The fourth-order valence-electron chi connectivity index (χ4n) is 4.72. The minimum absolute atomic E-state index is 0.0502. The number of aryl methyl sites for hydroxylation is 1. The molecule has 218 valence electrons. The Labute approximate surface area is 242 Å². The Morgan fingerprint density at radius 2 is 2.05 bits per heavy atom. The highest BCUT2D eigenvalue weighted by Gasteiger charge is 2.53. The number of benzene rings is 1. The first kappa shape index (κ1) is 30.2. The average molecular weight is 595 g/mol. The summed E-state index contributed by atoms with van der Waals surface area (Å²) in [5.74, 6) is -0.929. The monoisotopic (exact) mass is 594 g/mol. The summed E-state index contributed by atoms with van der Waals surface area (Å²) < 4.78 is 20.2. The van der Waals surface area contributed by atoms with Crippen LogP contribution in [0, 0.1) is 12.3 Å². The zero-order valence-electron chi connectivity index (χ0n) is 23.1. The highest BCUT2D eigenvalue weighted by atomic mass is 35.5. The average Bonchev–Trinajstić information content (AvgIpc) is 3.31. The molecule has 3 unspecified atom stereocenters. The van der Waals surface area contributed by atoms with Crippen molar-refractivity contribution in [3.05, 3.63) is 35.0 Å². The van der Waals surface area contributed by atoms with Crippen LogP contribution in [0.5, 0.6) is 5.75 Å². The lowest BCUT2D eigenvalue weighted by molar-refractivity contribution is -0.145. The number of aromatic nitrogens is 1. The molecule has 9 nitrogen and oxygen atoms in total. The second-order valence-electron chi connectivity index (χ2n) is 11.5. The van der Waals surface area contributed by atoms with E-state index < -0.39 is 47.0 Å². The molecule has 0 spiro atoms. The highest BCUT2D eigenvalue weighted by Crippen LogP contribution is 2.40. The first-order valence-electron chi connectivity index (χ1n) is 13.3. The van der Waals surface area contributed by atoms with Gasteiger partial charge in [-0.25, -0.2) is 9.37 Å². The van der Waals surface area contributed by atoms with Crippen LogP contribution < -0.4 is 15.4 Å². The first-order valence-corrected chi connectivity index (χ1v) is 14.7. The predicted octanol–water partition coefficient (Wildman–Crippen LogP) is 3.35. The molecule has 2 heterocycles. The van der Waals surface area contributed by atoms with Gasteiger partial charge in [0, 0.05) is 25.1 Å². The summed E-state index contributed by atoms with van der Waals surface area (Å²) in [7, 11) is 0. The first-order chi connectivity index (χ1) is 18.8. The molecule has 0 bridgehead atoms. The van der Waals surface area contributed by atoms with Gasteiger partial charge in [0.15, 0.2) is 5.67 Å². The van der Waals surface area contributed by atoms with Gasteiger partial charge in [-0.2, -0.15) is 0 Å². The van der Waals surface area contributed by atoms with E-state index in [1.807, 2.05) is 25.1 Å². The number of ether oxygens (including phenoxy) is 1. The van der Waals surface area contributed by atoms with E-state index in [-0.39, 0.29) is 39.0 Å². The van der Waals surface area contributed by atoms with Gasteiger partial charge in [-0.05, 0) is 36.8 Å². The van der Waals surface area contributed by atoms with E-state index in [0.29, 0.717) is 11.6 Å². The fourth-order valence-corrected chi connectivity index (χ4v) is 5.60. The largest absolute Gasteiger partial charge is 0.492 e. The van der Waals surface area contributed by atoms with Crippen LogP contribution in [0.4, 0.5) is 4.39 Å². The summed E-state index contributed by atoms with van der Waals surface area (Å²) in [5, 5.41) is 15.8. The van der Waals surface area contributed by atoms with Gasteiger partial charge in [0.25, 0.3) is 5.91 Å². The van der Waals surface area contributed by atoms with Crippen LogP contribution in [0.25, 0.3) is 10.4 Å². The van der Waals surface area contributed by atoms with E-state index in [2.05, 4.69) is 15.6 Å². The van der Waals surface area contributed by atoms with Crippen LogP contribution in [-0.4, -0.2) is 75.6 Å². The van der Waals surface area contributed by atoms with E-state index in [9.17, 15) is 23.9 Å². The number of rotatable bonds is 10. The van der Waals surface area contributed by atoms with E-state index in [4.69, 9.17) is 16.3 Å². The zero-order chi connectivity index (χ0) is 29.2. The second kappa shape index (κ2) is 12.0. The molecule has 40 heavy (non-hydrogen) atoms. The molecule has 1 aliphatic carbocycles. The van der Waals surface area contributed by atoms with E-state index in [0.717, 1.165) is 21.7 Å². The van der Waals surface area contributed by atoms with Gasteiger partial charge in [-0.3, -0.25) is 14.4 Å². The number of amides is 3. The predicted molar refractivity (Wildman–Crippen MR) is 151 cm³/mol. The Hall–Kier alpha value is -2.76. The smallest absolute Gasteiger partial charge is 0.258 e. The molecule has 1 aliphatic heterocycles. The van der Waals surface area contributed by atoms with Gasteiger partial charge < -0.3 is 25.4 Å². The third-order valence-electron chi connectivity index (χ3n) is 7.21. The number of β-amino-alcohol motifs (C(OH)–C–C–N with tert-alkyl or cyclic N) is 1. The van der Waals surface area contributed by atoms with Crippen molar-refractivity contribution in [2.45, 2.75) is 77.4 Å². The van der Waals surface area contributed by atoms with E-state index in [1.54, 1.807) is 26.3 Å². The number of thiazole rings is 1. The van der Waals surface area contributed by atoms with Gasteiger partial charge in [0.1, 0.15) is 24.4 Å². The standard InChI is InChI=1S/C28H36ClFN4O5S/c1-16-22(40-15-32-16)17-5-6-18(21(11-17)39-10-9-29)13-31-24(36)20-12-19(35)14-34(20)25(37)23(27(2,3)4)33-26(38)28(30)7-8-28/h5-6,11,15,19-20,23,35H,7-10,12-14H2,1-4H3,(H,31,36)(H,33,38). The summed E-state index contributed by atoms with van der Waals surface area (Å²) in [6.45, 7) is 7.55. The summed E-state index contributed by atoms with van der Waals surface area (Å²) in [6.07, 6.45) is -0.608. The number of aliphatic hydroxyl groups is 1. The molecule has 1 aromatic carbocycles. The highest BCUT2D eigenvalue weighted by molar-refractivity contribution is 7.13. The van der Waals surface area contributed by atoms with Crippen LogP contribution in [0.1, 0.15) is 51.3 Å². The Morgan fingerprint density at radius 3 is 2.65 bits per heavy atom. The SMILES string of the molecule is Cc1ncsc1-c1ccc(CNC(=O)C2CC(O)CN2C(=O)C(NC(=O)C2(F)CC2)C(C)(C)C)c(OCCCl)c1. The number of halogens is 2. The minimum Gasteiger partial charge on any atom is -0.492 e. The summed E-state index contributed by atoms with van der Waals surface area (Å²) in [6, 6.07) is 3.67. The quantitative estimate of drug-likeness (QED) is 0.363. The molecule has 2 fully saturated rings. The van der Waals surface area contributed by atoms with Crippen molar-refractivity contribution in [2.75, 3.05) is 19.0 Å². The number of carbonyl (C=O) groups excluding carboxylic acids is 3. The fraction of sp³-hybridized carbons (Fsp3) is 0.571. The number of alkyl halides is 2. The van der Waals surface area contributed by atoms with Gasteiger partial charge >= 0.3 is 0 Å². The maximum Gasteiger partial charge on any atom is 0.258 e. The van der Waals surface area contributed by atoms with Gasteiger partial charge in [-0.15, -0.1) is 22.9 Å². The third kappa shape index (κ3) is 6.75. The Bertz CT molecular complexity index is 1260. The second-order valence-corrected chi connectivity index (χ2v) is 12.7. The van der Waals surface area contributed by atoms with E-state index in [1.165, 1.54) is 16.2 Å². The molecule has 0 radical (unpaired) electrons. The maximum absolute atomic E-state index is 14.4. The van der Waals surface area contributed by atoms with Gasteiger partial charge in [0.2, 0.25) is 11.8 Å². The summed E-state index contributed by atoms with van der Waals surface area (Å²) >= 11 is 7.37. The molecule has 1 aromatic heterocycles. The number of aliphatic hydroxyl groups excluding tert-OH is 1. The van der Waals surface area contributed by atoms with Crippen molar-refractivity contribution >= 4 is 40.7 Å². The van der Waals surface area contributed by atoms with Crippen molar-refractivity contribution in [3.8, 4) is 16.2 Å². The summed E-state index contributed by atoms with van der Waals surface area (Å²) in [4.78, 5) is 46.0. The molecule has 3 N–H and O–H groups in total. The molecular weight excluding hydrogens is 559 g/mol. The van der Waals surface area contributed by atoms with Crippen LogP contribution in [0.15, 0.2) is 23.7 Å². The molecule has 1 saturated carbocycles. The van der Waals surface area contributed by atoms with Crippen molar-refractivity contribution in [3.63, 3.8) is 0 Å². The minimum atomic E-state index is -1.94. The number of likely N-dealkylation sites (tertiary alicyclic amines) is 1. The van der Waals surface area contributed by atoms with Crippen LogP contribution >= 0.6 is 22.9 Å². The van der Waals surface area contributed by atoms with Crippen LogP contribution in [0.2, 0.25) is 0 Å². The van der Waals surface area contributed by atoms with Crippen molar-refractivity contribution in [1.29, 1.82) is 0 Å². The van der Waals surface area contributed by atoms with Crippen molar-refractivity contribution < 1.29 is 28.6 Å². The number of hydrogen-bond donors (Lipinski definition) is 3. The topological polar surface area (TPSA) is 121 Å². The normalized spacial score (nSPS) is 20.6. The molecule has 3 atom stereocenters. The van der Waals surface area contributed by atoms with Crippen molar-refractivity contribution in [2.24, 2.45) is 5.41 Å². The maximum atomic E-state index is 14.4. The lowest BCUT2D eigenvalue weighted by Crippen LogP contribution is -2.59. The lowest BCUT2D eigenvalue weighted by atomic mass is 9.85. The molecule has 2 aromatic rings. The Morgan fingerprint density at radius 1 is 1.32 bits per heavy atom. The molecule has 4 rings (SSSR count). The molecule has 12 heteroatoms. The molecule has 3 amide bonds. The van der Waals surface area contributed by atoms with Crippen LogP contribution in [-0.2, 0) is 20.9 Å². The van der Waals surface area contributed by atoms with Gasteiger partial charge in [0.05, 0.1) is 28.1 Å². The summed E-state index contributed by atoms with van der Waals surface area (Å²) in [5.41, 5.74) is 1.65.